The van der Waals surface area contributed by atoms with Gasteiger partial charge in [-0.2, -0.15) is 0 Å². The second kappa shape index (κ2) is 41.1. The van der Waals surface area contributed by atoms with Crippen molar-refractivity contribution >= 4 is 105 Å². The molecule has 4 aromatic rings. The second-order valence-corrected chi connectivity index (χ2v) is 22.3. The van der Waals surface area contributed by atoms with E-state index in [2.05, 4.69) is 73.3 Å². The summed E-state index contributed by atoms with van der Waals surface area (Å²) in [5, 5.41) is 29.0. The van der Waals surface area contributed by atoms with Gasteiger partial charge in [0.05, 0.1) is 40.4 Å². The number of hydrogen-bond donors (Lipinski definition) is 12. The van der Waals surface area contributed by atoms with E-state index in [1.54, 1.807) is 121 Å². The number of esters is 2. The molecule has 4 rings (SSSR count). The van der Waals surface area contributed by atoms with E-state index >= 15 is 0 Å². The van der Waals surface area contributed by atoms with Crippen molar-refractivity contribution in [2.24, 2.45) is 0 Å². The second-order valence-electron chi connectivity index (χ2n) is 19.7. The third kappa shape index (κ3) is 29.8. The van der Waals surface area contributed by atoms with Crippen molar-refractivity contribution in [1.29, 1.82) is 0 Å². The topological polar surface area (TPSA) is 420 Å². The van der Waals surface area contributed by atoms with Crippen molar-refractivity contribution in [2.75, 3.05) is 65.0 Å². The van der Waals surface area contributed by atoms with Gasteiger partial charge < -0.3 is 82.7 Å². The van der Waals surface area contributed by atoms with Crippen molar-refractivity contribution in [3.05, 3.63) is 144 Å². The first-order valence-electron chi connectivity index (χ1n) is 28.4. The lowest BCUT2D eigenvalue weighted by molar-refractivity contribution is -0.141. The molecule has 0 aliphatic rings. The van der Waals surface area contributed by atoms with E-state index in [4.69, 9.17) is 9.47 Å². The lowest BCUT2D eigenvalue weighted by atomic mass is 10.1. The van der Waals surface area contributed by atoms with E-state index in [-0.39, 0.29) is 37.6 Å². The van der Waals surface area contributed by atoms with Gasteiger partial charge in [0.25, 0.3) is 0 Å². The van der Waals surface area contributed by atoms with Crippen molar-refractivity contribution in [3.63, 3.8) is 0 Å². The summed E-state index contributed by atoms with van der Waals surface area (Å²) in [5.41, 5.74) is 2.65. The average Bonchev–Trinajstić information content (AvgIpc) is 3.65. The van der Waals surface area contributed by atoms with Gasteiger partial charge in [-0.1, -0.05) is 143 Å². The van der Waals surface area contributed by atoms with E-state index in [0.717, 1.165) is 35.8 Å². The number of alkyl carbamates (subject to hydrolysis) is 2. The monoisotopic (exact) mass is 1310 g/mol. The Labute approximate surface area is 537 Å². The van der Waals surface area contributed by atoms with E-state index in [1.165, 1.54) is 13.8 Å². The minimum Gasteiger partial charge on any atom is -0.468 e. The highest BCUT2D eigenvalue weighted by Gasteiger charge is 2.29. The molecule has 0 saturated heterocycles. The highest BCUT2D eigenvalue weighted by Crippen LogP contribution is 2.23. The van der Waals surface area contributed by atoms with Crippen molar-refractivity contribution in [2.45, 2.75) is 76.2 Å². The van der Waals surface area contributed by atoms with E-state index in [1.807, 2.05) is 0 Å². The lowest BCUT2D eigenvalue weighted by Gasteiger charge is -2.21. The number of benzene rings is 4. The van der Waals surface area contributed by atoms with Crippen LogP contribution in [0.2, 0.25) is 0 Å². The summed E-state index contributed by atoms with van der Waals surface area (Å²) in [6.45, 7) is -1.29. The molecule has 0 heterocycles. The normalized spacial score (nSPS) is 12.4. The van der Waals surface area contributed by atoms with Crippen LogP contribution in [-0.4, -0.2) is 184 Å². The first kappa shape index (κ1) is 74.2. The Morgan fingerprint density at radius 1 is 0.337 bits per heavy atom. The molecule has 0 radical (unpaired) electrons. The smallest absolute Gasteiger partial charge is 0.408 e. The first-order valence-corrected chi connectivity index (χ1v) is 30.9. The lowest BCUT2D eigenvalue weighted by Crippen LogP contribution is -2.55. The average molecular weight is 1320 g/mol. The van der Waals surface area contributed by atoms with Gasteiger partial charge in [-0.05, 0) is 36.1 Å². The molecule has 0 unspecified atom stereocenters. The molecule has 494 valence electrons. The molecule has 0 bridgehead atoms. The Bertz CT molecular complexity index is 2930. The fraction of sp³-hybridized carbons (Fsp3) is 0.367. The van der Waals surface area contributed by atoms with Crippen LogP contribution in [0.3, 0.4) is 0 Å². The summed E-state index contributed by atoms with van der Waals surface area (Å²) in [5.74, 6) is -10.6. The van der Waals surface area contributed by atoms with E-state index < -0.39 is 159 Å². The maximum atomic E-state index is 13.6. The minimum absolute atomic E-state index is 0.0509. The van der Waals surface area contributed by atoms with Gasteiger partial charge in [0.1, 0.15) is 62.6 Å². The Kier molecular flexibility index (Phi) is 33.2. The molecule has 0 spiro atoms. The Balaban J connectivity index is 1.34. The maximum Gasteiger partial charge on any atom is 0.408 e. The van der Waals surface area contributed by atoms with Crippen LogP contribution >= 0.6 is 21.6 Å². The number of rotatable bonds is 37. The zero-order chi connectivity index (χ0) is 67.2. The summed E-state index contributed by atoms with van der Waals surface area (Å²) in [7, 11) is 3.99. The van der Waals surface area contributed by atoms with E-state index in [9.17, 15) is 67.1 Å². The molecule has 30 nitrogen and oxygen atoms in total. The summed E-state index contributed by atoms with van der Waals surface area (Å²) < 4.78 is 19.5. The van der Waals surface area contributed by atoms with Gasteiger partial charge in [-0.25, -0.2) is 9.59 Å². The summed E-state index contributed by atoms with van der Waals surface area (Å²) >= 11 is 0. The zero-order valence-corrected chi connectivity index (χ0v) is 52.3. The van der Waals surface area contributed by atoms with Crippen molar-refractivity contribution in [3.8, 4) is 0 Å². The molecule has 12 N–H and O–H groups in total. The Morgan fingerprint density at radius 2 is 0.598 bits per heavy atom. The molecule has 32 heteroatoms. The highest BCUT2D eigenvalue weighted by molar-refractivity contribution is 8.76. The SMILES string of the molecule is COC(=O)CNC(=O)[C@H](CSSC[C@H](NC(=O)CNC(=O)[C@H](Cc1ccccc1)NC(=O)CNC(=O)[C@H](C)NC(=O)OCc1ccccc1)C(=O)NCC(=O)OC)NC(=O)CNC(=O)[C@H](Cc1ccccc1)NC(=O)CNC(=O)[C@H](C)NC(=O)OCc1ccccc1. The standard InChI is InChI=1S/C60H74N12O18S2/c1-37(67-59(85)89-33-41-21-13-7-14-22-41)53(79)61-27-47(73)69-43(25-39-17-9-5-10-18-39)55(81)63-29-49(75)71-45(57(83)65-31-51(77)87-3)35-91-92-36-46(58(84)66-32-52(78)88-4)72-50(76)30-64-56(82)44(26-40-19-11-6-12-20-40)70-48(74)28-62-54(80)38(2)68-60(86)90-34-42-23-15-8-16-24-42/h5-24,37-38,43-46H,25-36H2,1-4H3,(H,61,79)(H,62,80)(H,63,81)(H,64,82)(H,65,83)(H,66,84)(H,67,85)(H,68,86)(H,69,73)(H,70,74)(H,71,75)(H,72,76)/t37-,38-,43-,44-,45-,46-/m0/s1. The van der Waals surface area contributed by atoms with Gasteiger partial charge in [-0.3, -0.25) is 57.5 Å². The predicted octanol–water partition coefficient (Wildman–Crippen LogP) is -1.53. The summed E-state index contributed by atoms with van der Waals surface area (Å²) in [6.07, 6.45) is -1.90. The van der Waals surface area contributed by atoms with Crippen LogP contribution in [0, 0.1) is 0 Å². The van der Waals surface area contributed by atoms with Crippen molar-refractivity contribution in [1.82, 2.24) is 63.8 Å². The van der Waals surface area contributed by atoms with Crippen LogP contribution in [0.1, 0.15) is 36.1 Å². The number of methoxy groups -OCH3 is 2. The van der Waals surface area contributed by atoms with Gasteiger partial charge in [-0.15, -0.1) is 0 Å². The third-order valence-corrected chi connectivity index (χ3v) is 15.0. The van der Waals surface area contributed by atoms with E-state index in [0.29, 0.717) is 22.3 Å². The van der Waals surface area contributed by atoms with Crippen molar-refractivity contribution < 1.29 is 86.1 Å². The van der Waals surface area contributed by atoms with Gasteiger partial charge >= 0.3 is 24.1 Å². The van der Waals surface area contributed by atoms with Crippen LogP contribution in [0.4, 0.5) is 9.59 Å². The number of carbonyl (C=O) groups excluding carboxylic acids is 14. The summed E-state index contributed by atoms with van der Waals surface area (Å²) in [6, 6.07) is 26.9. The largest absolute Gasteiger partial charge is 0.468 e. The number of amides is 12. The highest BCUT2D eigenvalue weighted by atomic mass is 33.1. The zero-order valence-electron chi connectivity index (χ0n) is 50.7. The predicted molar refractivity (Wildman–Crippen MR) is 333 cm³/mol. The van der Waals surface area contributed by atoms with Crippen LogP contribution in [0.25, 0.3) is 0 Å². The quantitative estimate of drug-likeness (QED) is 0.0105. The first-order chi connectivity index (χ1) is 44.1. The molecule has 6 atom stereocenters. The van der Waals surface area contributed by atoms with Crippen LogP contribution in [0.5, 0.6) is 0 Å². The molecule has 4 aromatic carbocycles. The fourth-order valence-electron chi connectivity index (χ4n) is 7.64. The number of carbonyl (C=O) groups is 14. The Morgan fingerprint density at radius 3 is 0.902 bits per heavy atom. The maximum absolute atomic E-state index is 13.6. The molecule has 92 heavy (non-hydrogen) atoms. The molecule has 0 saturated carbocycles. The number of nitrogens with one attached hydrogen (secondary N) is 12. The summed E-state index contributed by atoms with van der Waals surface area (Å²) in [4.78, 5) is 181. The Hall–Kier alpha value is -10.2. The minimum atomic E-state index is -1.42. The van der Waals surface area contributed by atoms with Crippen LogP contribution in [0.15, 0.2) is 121 Å². The third-order valence-electron chi connectivity index (χ3n) is 12.6. The van der Waals surface area contributed by atoms with Gasteiger partial charge in [0, 0.05) is 24.3 Å². The molecule has 0 aliphatic heterocycles. The molecule has 0 aromatic heterocycles. The number of ether oxygens (including phenoxy) is 4. The van der Waals surface area contributed by atoms with Gasteiger partial charge in [0.15, 0.2) is 0 Å². The molecular weight excluding hydrogens is 1240 g/mol. The molecule has 0 aliphatic carbocycles. The van der Waals surface area contributed by atoms with Crippen LogP contribution in [-0.2, 0) is 103 Å². The van der Waals surface area contributed by atoms with Gasteiger partial charge in [0.2, 0.25) is 59.1 Å². The number of hydrogen-bond acceptors (Lipinski definition) is 20. The van der Waals surface area contributed by atoms with Crippen LogP contribution < -0.4 is 63.8 Å². The molecule has 12 amide bonds. The molecular formula is C60H74N12O18S2. The molecule has 0 fully saturated rings. The fourth-order valence-corrected chi connectivity index (χ4v) is 9.97.